The van der Waals surface area contributed by atoms with Crippen molar-refractivity contribution in [1.29, 1.82) is 0 Å². The normalized spacial score (nSPS) is 26.3. The van der Waals surface area contributed by atoms with Crippen molar-refractivity contribution in [3.05, 3.63) is 0 Å². The zero-order valence-corrected chi connectivity index (χ0v) is 16.1. The second-order valence-corrected chi connectivity index (χ2v) is 9.12. The molecule has 0 bridgehead atoms. The Hall–Kier alpha value is -0.0700. The molecule has 4 nitrogen and oxygen atoms in total. The number of hydrogen-bond acceptors (Lipinski definition) is 4. The Morgan fingerprint density at radius 3 is 2.77 bits per heavy atom. The lowest BCUT2D eigenvalue weighted by Crippen LogP contribution is -2.52. The van der Waals surface area contributed by atoms with Gasteiger partial charge in [0.2, 0.25) is 0 Å². The van der Waals surface area contributed by atoms with E-state index in [9.17, 15) is 0 Å². The molecule has 22 heavy (non-hydrogen) atoms. The minimum absolute atomic E-state index is 0.302. The molecule has 2 aliphatic heterocycles. The second kappa shape index (κ2) is 8.69. The van der Waals surface area contributed by atoms with E-state index in [2.05, 4.69) is 47.1 Å². The van der Waals surface area contributed by atoms with Gasteiger partial charge in [-0.2, -0.15) is 23.5 Å². The average Bonchev–Trinajstić information content (AvgIpc) is 2.56. The SMILES string of the molecule is CN=C(NCC1(SC)CCOCC1)N1CCSC(C(C)C)C1. The number of nitrogens with zero attached hydrogens (tertiary/aromatic N) is 2. The summed E-state index contributed by atoms with van der Waals surface area (Å²) in [5.74, 6) is 3.00. The van der Waals surface area contributed by atoms with Gasteiger partial charge in [-0.25, -0.2) is 0 Å². The van der Waals surface area contributed by atoms with Crippen molar-refractivity contribution >= 4 is 29.5 Å². The Bertz CT molecular complexity index is 370. The number of aliphatic imine (C=N–C) groups is 1. The fraction of sp³-hybridized carbons (Fsp3) is 0.938. The maximum atomic E-state index is 5.53. The van der Waals surface area contributed by atoms with Gasteiger partial charge < -0.3 is 15.0 Å². The summed E-state index contributed by atoms with van der Waals surface area (Å²) in [6.07, 6.45) is 4.48. The lowest BCUT2D eigenvalue weighted by molar-refractivity contribution is 0.0781. The van der Waals surface area contributed by atoms with Crippen molar-refractivity contribution in [1.82, 2.24) is 10.2 Å². The number of guanidine groups is 1. The molecule has 0 radical (unpaired) electrons. The van der Waals surface area contributed by atoms with E-state index in [-0.39, 0.29) is 0 Å². The first kappa shape index (κ1) is 18.3. The van der Waals surface area contributed by atoms with Gasteiger partial charge in [-0.05, 0) is 25.0 Å². The van der Waals surface area contributed by atoms with Gasteiger partial charge in [0.1, 0.15) is 0 Å². The molecule has 0 aliphatic carbocycles. The lowest BCUT2D eigenvalue weighted by Gasteiger charge is -2.39. The van der Waals surface area contributed by atoms with E-state index in [1.54, 1.807) is 0 Å². The highest BCUT2D eigenvalue weighted by atomic mass is 32.2. The second-order valence-electron chi connectivity index (χ2n) is 6.50. The molecule has 0 saturated carbocycles. The van der Waals surface area contributed by atoms with Gasteiger partial charge >= 0.3 is 0 Å². The first-order valence-corrected chi connectivity index (χ1v) is 10.6. The number of hydrogen-bond donors (Lipinski definition) is 1. The van der Waals surface area contributed by atoms with Crippen LogP contribution in [0.15, 0.2) is 4.99 Å². The quantitative estimate of drug-likeness (QED) is 0.626. The molecule has 0 spiro atoms. The third kappa shape index (κ3) is 4.71. The highest BCUT2D eigenvalue weighted by Crippen LogP contribution is 2.33. The van der Waals surface area contributed by atoms with Crippen LogP contribution in [0.3, 0.4) is 0 Å². The molecule has 2 fully saturated rings. The molecule has 2 rings (SSSR count). The molecule has 2 heterocycles. The molecule has 1 N–H and O–H groups in total. The molecule has 0 aromatic rings. The van der Waals surface area contributed by atoms with E-state index < -0.39 is 0 Å². The van der Waals surface area contributed by atoms with Gasteiger partial charge in [0.05, 0.1) is 0 Å². The third-order valence-corrected chi connectivity index (χ3v) is 7.71. The van der Waals surface area contributed by atoms with Crippen molar-refractivity contribution < 1.29 is 4.74 Å². The predicted molar refractivity (Wildman–Crippen MR) is 100 cm³/mol. The Balaban J connectivity index is 1.91. The Morgan fingerprint density at radius 2 is 2.18 bits per heavy atom. The topological polar surface area (TPSA) is 36.9 Å². The van der Waals surface area contributed by atoms with Crippen LogP contribution in [0.4, 0.5) is 0 Å². The minimum atomic E-state index is 0.302. The van der Waals surface area contributed by atoms with Gasteiger partial charge in [-0.3, -0.25) is 4.99 Å². The monoisotopic (exact) mass is 345 g/mol. The van der Waals surface area contributed by atoms with Crippen LogP contribution in [0.2, 0.25) is 0 Å². The van der Waals surface area contributed by atoms with Crippen molar-refractivity contribution in [2.75, 3.05) is 51.9 Å². The summed E-state index contributed by atoms with van der Waals surface area (Å²) in [6, 6.07) is 0. The fourth-order valence-electron chi connectivity index (χ4n) is 3.04. The molecule has 0 aromatic heterocycles. The van der Waals surface area contributed by atoms with Crippen molar-refractivity contribution in [3.63, 3.8) is 0 Å². The molecule has 2 saturated heterocycles. The Morgan fingerprint density at radius 1 is 1.45 bits per heavy atom. The Labute approximate surface area is 144 Å². The molecule has 0 amide bonds. The zero-order chi connectivity index (χ0) is 16.0. The molecule has 128 valence electrons. The Kier molecular flexibility index (Phi) is 7.22. The van der Waals surface area contributed by atoms with E-state index in [1.165, 1.54) is 5.75 Å². The average molecular weight is 346 g/mol. The van der Waals surface area contributed by atoms with Crippen LogP contribution in [0.25, 0.3) is 0 Å². The highest BCUT2D eigenvalue weighted by molar-refractivity contribution is 8.00. The summed E-state index contributed by atoms with van der Waals surface area (Å²) in [7, 11) is 1.91. The predicted octanol–water partition coefficient (Wildman–Crippen LogP) is 2.55. The van der Waals surface area contributed by atoms with Crippen molar-refractivity contribution in [2.24, 2.45) is 10.9 Å². The molecule has 1 atom stereocenters. The van der Waals surface area contributed by atoms with E-state index in [0.29, 0.717) is 10.00 Å². The summed E-state index contributed by atoms with van der Waals surface area (Å²) < 4.78 is 5.83. The lowest BCUT2D eigenvalue weighted by atomic mass is 9.99. The van der Waals surface area contributed by atoms with Gasteiger partial charge in [0, 0.05) is 55.6 Å². The van der Waals surface area contributed by atoms with Gasteiger partial charge in [0.15, 0.2) is 5.96 Å². The summed E-state index contributed by atoms with van der Waals surface area (Å²) in [6.45, 7) is 9.61. The van der Waals surface area contributed by atoms with E-state index in [1.807, 2.05) is 18.8 Å². The fourth-order valence-corrected chi connectivity index (χ4v) is 5.13. The van der Waals surface area contributed by atoms with Gasteiger partial charge in [-0.1, -0.05) is 13.8 Å². The number of nitrogens with one attached hydrogen (secondary N) is 1. The van der Waals surface area contributed by atoms with Crippen LogP contribution in [-0.4, -0.2) is 72.8 Å². The van der Waals surface area contributed by atoms with Crippen LogP contribution in [0, 0.1) is 5.92 Å². The van der Waals surface area contributed by atoms with Crippen molar-refractivity contribution in [3.8, 4) is 0 Å². The number of rotatable bonds is 4. The van der Waals surface area contributed by atoms with Crippen LogP contribution in [0.5, 0.6) is 0 Å². The molecular formula is C16H31N3OS2. The number of thioether (sulfide) groups is 2. The third-order valence-electron chi connectivity index (χ3n) is 4.75. The van der Waals surface area contributed by atoms with E-state index in [4.69, 9.17) is 4.74 Å². The maximum absolute atomic E-state index is 5.53. The van der Waals surface area contributed by atoms with Crippen LogP contribution < -0.4 is 5.32 Å². The zero-order valence-electron chi connectivity index (χ0n) is 14.4. The standard InChI is InChI=1S/C16H31N3OS2/c1-13(2)14-11-19(7-10-22-14)15(17-3)18-12-16(21-4)5-8-20-9-6-16/h13-14H,5-12H2,1-4H3,(H,17,18). The first-order chi connectivity index (χ1) is 10.6. The highest BCUT2D eigenvalue weighted by Gasteiger charge is 2.33. The molecule has 1 unspecified atom stereocenters. The first-order valence-electron chi connectivity index (χ1n) is 8.30. The molecule has 6 heteroatoms. The van der Waals surface area contributed by atoms with E-state index in [0.717, 1.165) is 57.6 Å². The summed E-state index contributed by atoms with van der Waals surface area (Å²) in [5, 5.41) is 4.36. The smallest absolute Gasteiger partial charge is 0.193 e. The molecule has 2 aliphatic rings. The van der Waals surface area contributed by atoms with Crippen molar-refractivity contribution in [2.45, 2.75) is 36.7 Å². The molecule has 0 aromatic carbocycles. The van der Waals surface area contributed by atoms with Crippen LogP contribution in [-0.2, 0) is 4.74 Å². The summed E-state index contributed by atoms with van der Waals surface area (Å²) >= 11 is 4.09. The summed E-state index contributed by atoms with van der Waals surface area (Å²) in [4.78, 5) is 6.98. The van der Waals surface area contributed by atoms with Gasteiger partial charge in [0.25, 0.3) is 0 Å². The van der Waals surface area contributed by atoms with Crippen LogP contribution in [0.1, 0.15) is 26.7 Å². The molecular weight excluding hydrogens is 314 g/mol. The minimum Gasteiger partial charge on any atom is -0.381 e. The van der Waals surface area contributed by atoms with Crippen LogP contribution >= 0.6 is 23.5 Å². The largest absolute Gasteiger partial charge is 0.381 e. The van der Waals surface area contributed by atoms with E-state index >= 15 is 0 Å². The summed E-state index contributed by atoms with van der Waals surface area (Å²) in [5.41, 5.74) is 0. The maximum Gasteiger partial charge on any atom is 0.193 e. The number of ether oxygens (including phenoxy) is 1. The van der Waals surface area contributed by atoms with Gasteiger partial charge in [-0.15, -0.1) is 0 Å².